The second-order valence-corrected chi connectivity index (χ2v) is 3.20. The van der Waals surface area contributed by atoms with Crippen LogP contribution in [0, 0.1) is 0 Å². The molecule has 1 heterocycles. The van der Waals surface area contributed by atoms with Crippen LogP contribution >= 0.6 is 0 Å². The average Bonchev–Trinajstić information content (AvgIpc) is 2.30. The smallest absolute Gasteiger partial charge is 0.503 e. The molecule has 106 valence electrons. The van der Waals surface area contributed by atoms with Crippen molar-refractivity contribution >= 4 is 5.97 Å². The van der Waals surface area contributed by atoms with Crippen LogP contribution in [0.25, 0.3) is 0 Å². The maximum Gasteiger partial charge on any atom is 0.573 e. The Balaban J connectivity index is 3.22. The molecule has 0 aromatic carbocycles. The quantitative estimate of drug-likeness (QED) is 0.678. The van der Waals surface area contributed by atoms with Gasteiger partial charge in [0.1, 0.15) is 12.4 Å². The normalized spacial score (nSPS) is 11.2. The van der Waals surface area contributed by atoms with E-state index in [0.29, 0.717) is 6.07 Å². The summed E-state index contributed by atoms with van der Waals surface area (Å²) in [5.41, 5.74) is -1.34. The minimum Gasteiger partial charge on any atom is -0.503 e. The van der Waals surface area contributed by atoms with Gasteiger partial charge in [-0.1, -0.05) is 0 Å². The molecule has 0 spiro atoms. The highest BCUT2D eigenvalue weighted by Gasteiger charge is 2.33. The molecule has 19 heavy (non-hydrogen) atoms. The first-order valence-corrected chi connectivity index (χ1v) is 5.00. The number of esters is 1. The maximum atomic E-state index is 12.5. The number of alkyl halides is 4. The van der Waals surface area contributed by atoms with Gasteiger partial charge in [-0.05, 0) is 6.92 Å². The van der Waals surface area contributed by atoms with Crippen LogP contribution in [-0.2, 0) is 11.4 Å². The monoisotopic (exact) mass is 283 g/mol. The fourth-order valence-electron chi connectivity index (χ4n) is 1.17. The van der Waals surface area contributed by atoms with E-state index in [1.807, 2.05) is 0 Å². The maximum absolute atomic E-state index is 12.5. The van der Waals surface area contributed by atoms with E-state index in [2.05, 4.69) is 14.5 Å². The van der Waals surface area contributed by atoms with E-state index in [9.17, 15) is 27.5 Å². The third-order valence-electron chi connectivity index (χ3n) is 1.87. The van der Waals surface area contributed by atoms with Crippen LogP contribution in [0.1, 0.15) is 23.1 Å². The molecule has 0 radical (unpaired) electrons. The Morgan fingerprint density at radius 3 is 2.58 bits per heavy atom. The molecule has 0 amide bonds. The van der Waals surface area contributed by atoms with E-state index in [4.69, 9.17) is 0 Å². The Bertz CT molecular complexity index is 475. The van der Waals surface area contributed by atoms with Crippen molar-refractivity contribution in [2.45, 2.75) is 20.0 Å². The van der Waals surface area contributed by atoms with E-state index in [1.54, 1.807) is 0 Å². The van der Waals surface area contributed by atoms with E-state index >= 15 is 0 Å². The predicted octanol–water partition coefficient (Wildman–Crippen LogP) is 2.33. The molecule has 0 atom stereocenters. The Kier molecular flexibility index (Phi) is 4.52. The molecule has 0 aliphatic rings. The SMILES string of the molecule is CCOC(=O)c1cc(OC(F)(F)F)c(O)c(CF)n1. The second kappa shape index (κ2) is 5.72. The molecule has 1 rings (SSSR count). The molecule has 1 aromatic heterocycles. The molecule has 1 N–H and O–H groups in total. The molecule has 9 heteroatoms. The summed E-state index contributed by atoms with van der Waals surface area (Å²) >= 11 is 0. The molecule has 1 aromatic rings. The minimum atomic E-state index is -5.10. The van der Waals surface area contributed by atoms with Gasteiger partial charge in [0.15, 0.2) is 17.2 Å². The number of pyridine rings is 1. The number of halogens is 4. The summed E-state index contributed by atoms with van der Waals surface area (Å²) in [4.78, 5) is 14.7. The van der Waals surface area contributed by atoms with E-state index in [1.165, 1.54) is 6.92 Å². The Morgan fingerprint density at radius 1 is 1.47 bits per heavy atom. The number of carbonyl (C=O) groups excluding carboxylic acids is 1. The second-order valence-electron chi connectivity index (χ2n) is 3.20. The molecule has 0 unspecified atom stereocenters. The van der Waals surface area contributed by atoms with Crippen LogP contribution in [0.15, 0.2) is 6.07 Å². The Labute approximate surface area is 104 Å². The van der Waals surface area contributed by atoms with Crippen molar-refractivity contribution < 1.29 is 36.9 Å². The number of hydrogen-bond donors (Lipinski definition) is 1. The molecule has 0 fully saturated rings. The molecule has 0 saturated heterocycles. The number of ether oxygens (including phenoxy) is 2. The zero-order valence-corrected chi connectivity index (χ0v) is 9.62. The van der Waals surface area contributed by atoms with Crippen LogP contribution in [0.2, 0.25) is 0 Å². The van der Waals surface area contributed by atoms with Gasteiger partial charge in [0.25, 0.3) is 0 Å². The highest BCUT2D eigenvalue weighted by atomic mass is 19.4. The number of hydrogen-bond acceptors (Lipinski definition) is 5. The highest BCUT2D eigenvalue weighted by molar-refractivity contribution is 5.88. The lowest BCUT2D eigenvalue weighted by Gasteiger charge is -2.12. The summed E-state index contributed by atoms with van der Waals surface area (Å²) < 4.78 is 56.7. The van der Waals surface area contributed by atoms with Gasteiger partial charge in [0.05, 0.1) is 6.61 Å². The van der Waals surface area contributed by atoms with Crippen LogP contribution in [0.3, 0.4) is 0 Å². The van der Waals surface area contributed by atoms with Crippen molar-refractivity contribution in [2.75, 3.05) is 6.61 Å². The summed E-state index contributed by atoms with van der Waals surface area (Å²) in [6.07, 6.45) is -5.10. The number of aromatic nitrogens is 1. The van der Waals surface area contributed by atoms with Crippen LogP contribution in [0.5, 0.6) is 11.5 Å². The van der Waals surface area contributed by atoms with Gasteiger partial charge < -0.3 is 14.6 Å². The van der Waals surface area contributed by atoms with E-state index in [-0.39, 0.29) is 6.61 Å². The molecule has 0 aliphatic heterocycles. The van der Waals surface area contributed by atoms with E-state index < -0.39 is 41.9 Å². The summed E-state index contributed by atoms with van der Waals surface area (Å²) in [7, 11) is 0. The van der Waals surface area contributed by atoms with Crippen LogP contribution in [0.4, 0.5) is 17.6 Å². The lowest BCUT2D eigenvalue weighted by Crippen LogP contribution is -2.18. The van der Waals surface area contributed by atoms with Gasteiger partial charge in [-0.15, -0.1) is 13.2 Å². The largest absolute Gasteiger partial charge is 0.573 e. The van der Waals surface area contributed by atoms with Gasteiger partial charge in [0, 0.05) is 6.07 Å². The van der Waals surface area contributed by atoms with Gasteiger partial charge >= 0.3 is 12.3 Å². The number of aromatic hydroxyl groups is 1. The van der Waals surface area contributed by atoms with Gasteiger partial charge in [-0.2, -0.15) is 0 Å². The fraction of sp³-hybridized carbons (Fsp3) is 0.400. The molecular weight excluding hydrogens is 274 g/mol. The van der Waals surface area contributed by atoms with Crippen molar-refractivity contribution in [3.63, 3.8) is 0 Å². The van der Waals surface area contributed by atoms with Crippen molar-refractivity contribution in [2.24, 2.45) is 0 Å². The molecular formula is C10H9F4NO4. The first kappa shape index (κ1) is 15.0. The zero-order valence-electron chi connectivity index (χ0n) is 9.62. The van der Waals surface area contributed by atoms with Crippen LogP contribution < -0.4 is 4.74 Å². The summed E-state index contributed by atoms with van der Waals surface area (Å²) in [6, 6.07) is 0.528. The van der Waals surface area contributed by atoms with Gasteiger partial charge in [-0.3, -0.25) is 0 Å². The molecule has 0 saturated carbocycles. The zero-order chi connectivity index (χ0) is 14.6. The lowest BCUT2D eigenvalue weighted by atomic mass is 10.2. The van der Waals surface area contributed by atoms with Gasteiger partial charge in [0.2, 0.25) is 0 Å². The first-order chi connectivity index (χ1) is 8.78. The number of nitrogens with zero attached hydrogens (tertiary/aromatic N) is 1. The summed E-state index contributed by atoms with van der Waals surface area (Å²) in [6.45, 7) is 0.0661. The summed E-state index contributed by atoms with van der Waals surface area (Å²) in [5, 5.41) is 9.31. The predicted molar refractivity (Wildman–Crippen MR) is 53.4 cm³/mol. The highest BCUT2D eigenvalue weighted by Crippen LogP contribution is 2.34. The Hall–Kier alpha value is -2.06. The summed E-state index contributed by atoms with van der Waals surface area (Å²) in [5.74, 6) is -3.28. The lowest BCUT2D eigenvalue weighted by molar-refractivity contribution is -0.275. The van der Waals surface area contributed by atoms with Gasteiger partial charge in [-0.25, -0.2) is 14.2 Å². The average molecular weight is 283 g/mol. The van der Waals surface area contributed by atoms with Crippen molar-refractivity contribution in [1.82, 2.24) is 4.98 Å². The first-order valence-electron chi connectivity index (χ1n) is 5.00. The third-order valence-corrected chi connectivity index (χ3v) is 1.87. The van der Waals surface area contributed by atoms with Crippen molar-refractivity contribution in [1.29, 1.82) is 0 Å². The Morgan fingerprint density at radius 2 is 2.11 bits per heavy atom. The van der Waals surface area contributed by atoms with Crippen molar-refractivity contribution in [3.05, 3.63) is 17.5 Å². The number of carbonyl (C=O) groups is 1. The third kappa shape index (κ3) is 3.97. The standard InChI is InChI=1S/C10H9F4NO4/c1-2-18-9(17)5-3-7(19-10(12,13)14)8(16)6(4-11)15-5/h3,16H,2,4H2,1H3. The topological polar surface area (TPSA) is 68.7 Å². The van der Waals surface area contributed by atoms with E-state index in [0.717, 1.165) is 0 Å². The molecule has 0 bridgehead atoms. The number of rotatable bonds is 4. The fourth-order valence-corrected chi connectivity index (χ4v) is 1.17. The minimum absolute atomic E-state index is 0.0399. The van der Waals surface area contributed by atoms with Crippen LogP contribution in [-0.4, -0.2) is 29.0 Å². The molecule has 5 nitrogen and oxygen atoms in total. The van der Waals surface area contributed by atoms with Crippen molar-refractivity contribution in [3.8, 4) is 11.5 Å². The molecule has 0 aliphatic carbocycles.